The molecule has 0 aromatic heterocycles. The van der Waals surface area contributed by atoms with Crippen molar-refractivity contribution in [1.82, 2.24) is 0 Å². The fourth-order valence-electron chi connectivity index (χ4n) is 1.68. The van der Waals surface area contributed by atoms with Gasteiger partial charge in [-0.25, -0.2) is 0 Å². The molecule has 2 nitrogen and oxygen atoms in total. The average Bonchev–Trinajstić information content (AvgIpc) is 3.10. The van der Waals surface area contributed by atoms with E-state index in [1.165, 1.54) is 0 Å². The molecular formula is C14H18F2O2. The van der Waals surface area contributed by atoms with Gasteiger partial charge in [-0.1, -0.05) is 19.9 Å². The first kappa shape index (κ1) is 13.1. The van der Waals surface area contributed by atoms with Crippen LogP contribution in [-0.4, -0.2) is 13.2 Å². The van der Waals surface area contributed by atoms with E-state index >= 15 is 0 Å². The van der Waals surface area contributed by atoms with Crippen LogP contribution in [0, 0.1) is 5.92 Å². The summed E-state index contributed by atoms with van der Waals surface area (Å²) in [5.41, 5.74) is 1.06. The molecule has 0 atom stereocenters. The normalized spacial score (nSPS) is 15.2. The third-order valence-electron chi connectivity index (χ3n) is 3.02. The van der Waals surface area contributed by atoms with Gasteiger partial charge in [0.2, 0.25) is 0 Å². The number of hydrogen-bond acceptors (Lipinski definition) is 2. The van der Waals surface area contributed by atoms with Gasteiger partial charge in [-0.05, 0) is 42.4 Å². The summed E-state index contributed by atoms with van der Waals surface area (Å²) in [7, 11) is 0. The molecule has 1 aliphatic rings. The van der Waals surface area contributed by atoms with Gasteiger partial charge in [0.15, 0.2) is 11.5 Å². The van der Waals surface area contributed by atoms with E-state index in [1.807, 2.05) is 13.8 Å². The van der Waals surface area contributed by atoms with Gasteiger partial charge in [-0.15, -0.1) is 0 Å². The van der Waals surface area contributed by atoms with Gasteiger partial charge < -0.3 is 9.47 Å². The molecule has 0 saturated heterocycles. The smallest absolute Gasteiger partial charge is 0.387 e. The fourth-order valence-corrected chi connectivity index (χ4v) is 1.68. The van der Waals surface area contributed by atoms with Crippen LogP contribution in [0.4, 0.5) is 8.78 Å². The summed E-state index contributed by atoms with van der Waals surface area (Å²) in [5, 5.41) is 0. The monoisotopic (exact) mass is 256 g/mol. The van der Waals surface area contributed by atoms with Crippen LogP contribution in [0.2, 0.25) is 0 Å². The maximum absolute atomic E-state index is 12.3. The molecule has 0 heterocycles. The summed E-state index contributed by atoms with van der Waals surface area (Å²) in [5.74, 6) is 1.45. The van der Waals surface area contributed by atoms with E-state index in [4.69, 9.17) is 4.74 Å². The highest BCUT2D eigenvalue weighted by atomic mass is 19.3. The van der Waals surface area contributed by atoms with Gasteiger partial charge in [0.25, 0.3) is 0 Å². The minimum Gasteiger partial charge on any atom is -0.489 e. The minimum absolute atomic E-state index is 0.120. The number of halogens is 2. The second kappa shape index (κ2) is 5.55. The standard InChI is InChI=1S/C14H18F2O2/c1-9(2)11-5-6-12(18-14(15)16)13(7-11)17-8-10-3-4-10/h5-7,9-10,14H,3-4,8H2,1-2H3. The molecule has 4 heteroatoms. The lowest BCUT2D eigenvalue weighted by Gasteiger charge is -2.14. The topological polar surface area (TPSA) is 18.5 Å². The highest BCUT2D eigenvalue weighted by Gasteiger charge is 2.23. The lowest BCUT2D eigenvalue weighted by molar-refractivity contribution is -0.0515. The SMILES string of the molecule is CC(C)c1ccc(OC(F)F)c(OCC2CC2)c1. The Hall–Kier alpha value is -1.32. The molecule has 1 aromatic carbocycles. The highest BCUT2D eigenvalue weighted by Crippen LogP contribution is 2.35. The Morgan fingerprint density at radius 1 is 1.22 bits per heavy atom. The molecule has 0 amide bonds. The number of ether oxygens (including phenoxy) is 2. The van der Waals surface area contributed by atoms with Gasteiger partial charge in [0, 0.05) is 0 Å². The molecule has 100 valence electrons. The van der Waals surface area contributed by atoms with Crippen LogP contribution < -0.4 is 9.47 Å². The third-order valence-corrected chi connectivity index (χ3v) is 3.02. The van der Waals surface area contributed by atoms with Crippen LogP contribution in [0.15, 0.2) is 18.2 Å². The van der Waals surface area contributed by atoms with Crippen molar-refractivity contribution in [3.05, 3.63) is 23.8 Å². The summed E-state index contributed by atoms with van der Waals surface area (Å²) in [6, 6.07) is 5.15. The fraction of sp³-hybridized carbons (Fsp3) is 0.571. The van der Waals surface area contributed by atoms with Crippen LogP contribution >= 0.6 is 0 Å². The Balaban J connectivity index is 2.14. The first-order valence-corrected chi connectivity index (χ1v) is 6.28. The Kier molecular flexibility index (Phi) is 4.04. The van der Waals surface area contributed by atoms with Crippen LogP contribution in [0.3, 0.4) is 0 Å². The van der Waals surface area contributed by atoms with E-state index in [0.29, 0.717) is 24.2 Å². The zero-order chi connectivity index (χ0) is 13.1. The van der Waals surface area contributed by atoms with E-state index in [1.54, 1.807) is 18.2 Å². The zero-order valence-electron chi connectivity index (χ0n) is 10.7. The lowest BCUT2D eigenvalue weighted by atomic mass is 10.0. The molecule has 2 rings (SSSR count). The van der Waals surface area contributed by atoms with Crippen molar-refractivity contribution in [2.24, 2.45) is 5.92 Å². The van der Waals surface area contributed by atoms with E-state index < -0.39 is 6.61 Å². The summed E-state index contributed by atoms with van der Waals surface area (Å²) in [4.78, 5) is 0. The van der Waals surface area contributed by atoms with E-state index in [2.05, 4.69) is 4.74 Å². The summed E-state index contributed by atoms with van der Waals surface area (Å²) in [6.45, 7) is 1.86. The summed E-state index contributed by atoms with van der Waals surface area (Å²) >= 11 is 0. The van der Waals surface area contributed by atoms with Gasteiger partial charge in [0.1, 0.15) is 0 Å². The lowest BCUT2D eigenvalue weighted by Crippen LogP contribution is -2.06. The largest absolute Gasteiger partial charge is 0.489 e. The predicted octanol–water partition coefficient (Wildman–Crippen LogP) is 4.20. The Morgan fingerprint density at radius 2 is 1.94 bits per heavy atom. The molecule has 0 radical (unpaired) electrons. The third kappa shape index (κ3) is 3.59. The molecule has 0 bridgehead atoms. The van der Waals surface area contributed by atoms with Gasteiger partial charge in [-0.3, -0.25) is 0 Å². The number of benzene rings is 1. The maximum atomic E-state index is 12.3. The molecule has 1 fully saturated rings. The first-order chi connectivity index (χ1) is 8.56. The maximum Gasteiger partial charge on any atom is 0.387 e. The van der Waals surface area contributed by atoms with E-state index in [-0.39, 0.29) is 5.75 Å². The van der Waals surface area contributed by atoms with Crippen molar-refractivity contribution in [3.63, 3.8) is 0 Å². The van der Waals surface area contributed by atoms with E-state index in [9.17, 15) is 8.78 Å². The number of alkyl halides is 2. The molecule has 1 aliphatic carbocycles. The average molecular weight is 256 g/mol. The zero-order valence-corrected chi connectivity index (χ0v) is 10.7. The molecule has 0 unspecified atom stereocenters. The first-order valence-electron chi connectivity index (χ1n) is 6.28. The Bertz CT molecular complexity index is 401. The highest BCUT2D eigenvalue weighted by molar-refractivity contribution is 5.43. The van der Waals surface area contributed by atoms with Crippen molar-refractivity contribution in [3.8, 4) is 11.5 Å². The number of rotatable bonds is 6. The number of hydrogen-bond donors (Lipinski definition) is 0. The molecule has 1 saturated carbocycles. The second-order valence-corrected chi connectivity index (χ2v) is 4.99. The van der Waals surface area contributed by atoms with Gasteiger partial charge >= 0.3 is 6.61 Å². The summed E-state index contributed by atoms with van der Waals surface area (Å²) < 4.78 is 34.7. The molecule has 0 aliphatic heterocycles. The molecule has 18 heavy (non-hydrogen) atoms. The predicted molar refractivity (Wildman–Crippen MR) is 65.4 cm³/mol. The molecule has 0 spiro atoms. The van der Waals surface area contributed by atoms with Crippen molar-refractivity contribution >= 4 is 0 Å². The summed E-state index contributed by atoms with van der Waals surface area (Å²) in [6.07, 6.45) is 2.32. The molecular weight excluding hydrogens is 238 g/mol. The van der Waals surface area contributed by atoms with Crippen molar-refractivity contribution < 1.29 is 18.3 Å². The Labute approximate surface area is 106 Å². The quantitative estimate of drug-likeness (QED) is 0.759. The Morgan fingerprint density at radius 3 is 2.50 bits per heavy atom. The van der Waals surface area contributed by atoms with Crippen molar-refractivity contribution in [2.75, 3.05) is 6.61 Å². The van der Waals surface area contributed by atoms with Crippen molar-refractivity contribution in [2.45, 2.75) is 39.2 Å². The van der Waals surface area contributed by atoms with Crippen LogP contribution in [-0.2, 0) is 0 Å². The second-order valence-electron chi connectivity index (χ2n) is 4.99. The minimum atomic E-state index is -2.82. The van der Waals surface area contributed by atoms with Gasteiger partial charge in [0.05, 0.1) is 6.61 Å². The van der Waals surface area contributed by atoms with Crippen LogP contribution in [0.25, 0.3) is 0 Å². The van der Waals surface area contributed by atoms with E-state index in [0.717, 1.165) is 18.4 Å². The van der Waals surface area contributed by atoms with Crippen molar-refractivity contribution in [1.29, 1.82) is 0 Å². The van der Waals surface area contributed by atoms with Crippen LogP contribution in [0.1, 0.15) is 38.2 Å². The molecule has 0 N–H and O–H groups in total. The van der Waals surface area contributed by atoms with Crippen LogP contribution in [0.5, 0.6) is 11.5 Å². The van der Waals surface area contributed by atoms with Gasteiger partial charge in [-0.2, -0.15) is 8.78 Å². The molecule has 1 aromatic rings.